The van der Waals surface area contributed by atoms with Gasteiger partial charge >= 0.3 is 12.0 Å². The van der Waals surface area contributed by atoms with Crippen molar-refractivity contribution in [1.82, 2.24) is 10.6 Å². The molecule has 0 aliphatic heterocycles. The molecule has 1 rings (SSSR count). The van der Waals surface area contributed by atoms with Crippen LogP contribution in [0.25, 0.3) is 0 Å². The van der Waals surface area contributed by atoms with E-state index in [2.05, 4.69) is 10.6 Å². The Labute approximate surface area is 150 Å². The second-order valence-electron chi connectivity index (χ2n) is 6.48. The molecule has 0 heterocycles. The Bertz CT molecular complexity index is 659. The van der Waals surface area contributed by atoms with Gasteiger partial charge < -0.3 is 10.1 Å². The van der Waals surface area contributed by atoms with E-state index in [0.717, 1.165) is 0 Å². The lowest BCUT2D eigenvalue weighted by atomic mass is 10.1. The summed E-state index contributed by atoms with van der Waals surface area (Å²) in [6.07, 6.45) is 0.645. The van der Waals surface area contributed by atoms with E-state index in [1.54, 1.807) is 20.8 Å². The van der Waals surface area contributed by atoms with Crippen molar-refractivity contribution in [3.63, 3.8) is 0 Å². The summed E-state index contributed by atoms with van der Waals surface area (Å²) in [7, 11) is 0. The van der Waals surface area contributed by atoms with Gasteiger partial charge in [0, 0.05) is 11.3 Å². The number of imide groups is 1. The number of hydrogen-bond donors (Lipinski definition) is 2. The first-order chi connectivity index (χ1) is 11.5. The minimum atomic E-state index is -1.17. The van der Waals surface area contributed by atoms with Gasteiger partial charge in [-0.3, -0.25) is 10.1 Å². The van der Waals surface area contributed by atoms with E-state index in [-0.39, 0.29) is 5.56 Å². The first-order valence-corrected chi connectivity index (χ1v) is 9.04. The van der Waals surface area contributed by atoms with Crippen molar-refractivity contribution in [2.24, 2.45) is 0 Å². The summed E-state index contributed by atoms with van der Waals surface area (Å²) in [6, 6.07) is 3.19. The average molecular weight is 370 g/mol. The highest BCUT2D eigenvalue weighted by Crippen LogP contribution is 2.17. The lowest BCUT2D eigenvalue weighted by molar-refractivity contribution is -0.127. The van der Waals surface area contributed by atoms with Gasteiger partial charge in [0.25, 0.3) is 5.91 Å². The zero-order valence-corrected chi connectivity index (χ0v) is 15.8. The topological polar surface area (TPSA) is 84.5 Å². The van der Waals surface area contributed by atoms with Gasteiger partial charge in [-0.05, 0) is 57.7 Å². The first-order valence-electron chi connectivity index (χ1n) is 7.65. The minimum Gasteiger partial charge on any atom is -0.449 e. The number of hydrogen-bond acceptors (Lipinski definition) is 5. The molecule has 25 heavy (non-hydrogen) atoms. The Kier molecular flexibility index (Phi) is 7.41. The highest BCUT2D eigenvalue weighted by Gasteiger charge is 2.23. The van der Waals surface area contributed by atoms with Crippen molar-refractivity contribution in [3.8, 4) is 0 Å². The molecule has 0 unspecified atom stereocenters. The van der Waals surface area contributed by atoms with Crippen LogP contribution >= 0.6 is 11.8 Å². The number of esters is 1. The molecule has 3 amide bonds. The van der Waals surface area contributed by atoms with E-state index in [4.69, 9.17) is 4.74 Å². The van der Waals surface area contributed by atoms with Crippen LogP contribution in [0.1, 0.15) is 43.6 Å². The molecule has 0 saturated carbocycles. The fourth-order valence-corrected chi connectivity index (χ4v) is 2.37. The molecule has 0 saturated heterocycles. The minimum absolute atomic E-state index is 0.143. The summed E-state index contributed by atoms with van der Waals surface area (Å²) < 4.78 is 18.7. The largest absolute Gasteiger partial charge is 0.449 e. The zero-order chi connectivity index (χ0) is 19.2. The molecule has 0 fully saturated rings. The molecule has 138 valence electrons. The van der Waals surface area contributed by atoms with Crippen molar-refractivity contribution in [2.75, 3.05) is 6.26 Å². The van der Waals surface area contributed by atoms with E-state index in [1.165, 1.54) is 36.9 Å². The van der Waals surface area contributed by atoms with Crippen LogP contribution in [-0.4, -0.2) is 35.8 Å². The molecule has 2 N–H and O–H groups in total. The van der Waals surface area contributed by atoms with Gasteiger partial charge in [-0.25, -0.2) is 14.0 Å². The normalized spacial score (nSPS) is 12.2. The molecule has 0 aromatic heterocycles. The second-order valence-corrected chi connectivity index (χ2v) is 7.35. The molecule has 8 heteroatoms. The number of ether oxygens (including phenoxy) is 1. The number of benzene rings is 1. The fraction of sp³-hybridized carbons (Fsp3) is 0.471. The number of thioether (sulfide) groups is 1. The van der Waals surface area contributed by atoms with Crippen LogP contribution in [0.5, 0.6) is 0 Å². The maximum absolute atomic E-state index is 13.6. The first kappa shape index (κ1) is 21.0. The highest BCUT2D eigenvalue weighted by atomic mass is 32.2. The lowest BCUT2D eigenvalue weighted by Crippen LogP contribution is -2.50. The Balaban J connectivity index is 2.68. The number of carbonyl (C=O) groups excluding carboxylic acids is 3. The summed E-state index contributed by atoms with van der Waals surface area (Å²) >= 11 is 1.42. The predicted molar refractivity (Wildman–Crippen MR) is 94.9 cm³/mol. The quantitative estimate of drug-likeness (QED) is 0.779. The van der Waals surface area contributed by atoms with Crippen molar-refractivity contribution >= 4 is 29.7 Å². The molecule has 0 aliphatic carbocycles. The number of amides is 3. The van der Waals surface area contributed by atoms with E-state index < -0.39 is 35.4 Å². The standard InChI is InChI=1S/C17H23FN2O4S/c1-10(14(21)19-16(23)20-17(2,3)4)24-15(22)11-6-7-13(18)12(8-11)9-25-5/h6-8,10H,9H2,1-5H3,(H2,19,20,21,23)/t10-/m1/s1. The van der Waals surface area contributed by atoms with Crippen molar-refractivity contribution in [1.29, 1.82) is 0 Å². The van der Waals surface area contributed by atoms with Crippen LogP contribution in [0.4, 0.5) is 9.18 Å². The summed E-state index contributed by atoms with van der Waals surface area (Å²) in [4.78, 5) is 35.7. The molecule has 0 radical (unpaired) electrons. The van der Waals surface area contributed by atoms with Gasteiger partial charge in [0.1, 0.15) is 5.82 Å². The van der Waals surface area contributed by atoms with Gasteiger partial charge in [-0.2, -0.15) is 11.8 Å². The molecule has 0 spiro atoms. The number of rotatable bonds is 5. The van der Waals surface area contributed by atoms with Gasteiger partial charge in [-0.15, -0.1) is 0 Å². The number of halogens is 1. The van der Waals surface area contributed by atoms with Crippen LogP contribution < -0.4 is 10.6 Å². The molecule has 6 nitrogen and oxygen atoms in total. The molecule has 0 bridgehead atoms. The fourth-order valence-electron chi connectivity index (χ4n) is 1.84. The van der Waals surface area contributed by atoms with Crippen LogP contribution in [0, 0.1) is 5.82 Å². The SMILES string of the molecule is CSCc1cc(C(=O)O[C@H](C)C(=O)NC(=O)NC(C)(C)C)ccc1F. The third-order valence-electron chi connectivity index (χ3n) is 2.96. The zero-order valence-electron chi connectivity index (χ0n) is 14.9. The molecular weight excluding hydrogens is 347 g/mol. The lowest BCUT2D eigenvalue weighted by Gasteiger charge is -2.21. The molecular formula is C17H23FN2O4S. The van der Waals surface area contributed by atoms with E-state index in [9.17, 15) is 18.8 Å². The Morgan fingerprint density at radius 3 is 2.48 bits per heavy atom. The molecule has 0 aliphatic rings. The third-order valence-corrected chi connectivity index (χ3v) is 3.56. The summed E-state index contributed by atoms with van der Waals surface area (Å²) in [5.41, 5.74) is 0.0133. The monoisotopic (exact) mass is 370 g/mol. The van der Waals surface area contributed by atoms with Gasteiger partial charge in [-0.1, -0.05) is 0 Å². The van der Waals surface area contributed by atoms with Crippen molar-refractivity contribution in [3.05, 3.63) is 35.1 Å². The summed E-state index contributed by atoms with van der Waals surface area (Å²) in [5, 5.41) is 4.67. The highest BCUT2D eigenvalue weighted by molar-refractivity contribution is 7.97. The number of nitrogens with one attached hydrogen (secondary N) is 2. The van der Waals surface area contributed by atoms with Crippen LogP contribution in [-0.2, 0) is 15.3 Å². The molecule has 1 atom stereocenters. The van der Waals surface area contributed by atoms with Gasteiger partial charge in [0.2, 0.25) is 0 Å². The maximum Gasteiger partial charge on any atom is 0.338 e. The maximum atomic E-state index is 13.6. The average Bonchev–Trinajstić information content (AvgIpc) is 2.47. The van der Waals surface area contributed by atoms with Crippen LogP contribution in [0.3, 0.4) is 0 Å². The number of carbonyl (C=O) groups is 3. The molecule has 1 aromatic carbocycles. The van der Waals surface area contributed by atoms with Gasteiger partial charge in [0.05, 0.1) is 5.56 Å². The summed E-state index contributed by atoms with van der Waals surface area (Å²) in [5.74, 6) is -1.51. The summed E-state index contributed by atoms with van der Waals surface area (Å²) in [6.45, 7) is 6.65. The Hall–Kier alpha value is -2.09. The Morgan fingerprint density at radius 2 is 1.92 bits per heavy atom. The number of urea groups is 1. The Morgan fingerprint density at radius 1 is 1.28 bits per heavy atom. The van der Waals surface area contributed by atoms with E-state index >= 15 is 0 Å². The molecule has 1 aromatic rings. The van der Waals surface area contributed by atoms with Gasteiger partial charge in [0.15, 0.2) is 6.10 Å². The van der Waals surface area contributed by atoms with E-state index in [0.29, 0.717) is 11.3 Å². The van der Waals surface area contributed by atoms with Crippen molar-refractivity contribution in [2.45, 2.75) is 45.1 Å². The van der Waals surface area contributed by atoms with E-state index in [1.807, 2.05) is 6.26 Å². The van der Waals surface area contributed by atoms with Crippen LogP contribution in [0.15, 0.2) is 18.2 Å². The van der Waals surface area contributed by atoms with Crippen LogP contribution in [0.2, 0.25) is 0 Å². The van der Waals surface area contributed by atoms with Crippen molar-refractivity contribution < 1.29 is 23.5 Å². The second kappa shape index (κ2) is 8.84. The third kappa shape index (κ3) is 7.13. The predicted octanol–water partition coefficient (Wildman–Crippen LogP) is 2.86. The smallest absolute Gasteiger partial charge is 0.338 e.